The smallest absolute Gasteiger partial charge is 0.0351 e. The van der Waals surface area contributed by atoms with Gasteiger partial charge < -0.3 is 5.32 Å². The van der Waals surface area contributed by atoms with E-state index in [-0.39, 0.29) is 0 Å². The minimum absolute atomic E-state index is 0.687. The predicted molar refractivity (Wildman–Crippen MR) is 82.3 cm³/mol. The van der Waals surface area contributed by atoms with Gasteiger partial charge in [-0.15, -0.1) is 22.7 Å². The van der Waals surface area contributed by atoms with Crippen LogP contribution in [0, 0.1) is 0 Å². The second-order valence-corrected chi connectivity index (χ2v) is 7.18. The van der Waals surface area contributed by atoms with Crippen LogP contribution < -0.4 is 5.32 Å². The van der Waals surface area contributed by atoms with Crippen LogP contribution in [-0.4, -0.2) is 18.1 Å². The standard InChI is InChI=1S/C13H17NS3/c1-10(15-2)7-14-8-12-6-11(9-17-12)13-4-3-5-16-13/h3-6,9-10,14H,7-8H2,1-2H3. The van der Waals surface area contributed by atoms with E-state index in [0.29, 0.717) is 5.25 Å². The fraction of sp³-hybridized carbons (Fsp3) is 0.385. The molecule has 2 rings (SSSR count). The maximum atomic E-state index is 3.50. The molecule has 0 bridgehead atoms. The highest BCUT2D eigenvalue weighted by Crippen LogP contribution is 2.29. The zero-order valence-corrected chi connectivity index (χ0v) is 12.6. The van der Waals surface area contributed by atoms with Crippen LogP contribution in [-0.2, 0) is 6.54 Å². The van der Waals surface area contributed by atoms with Crippen LogP contribution in [0.5, 0.6) is 0 Å². The highest BCUT2D eigenvalue weighted by molar-refractivity contribution is 7.99. The molecule has 0 spiro atoms. The molecule has 1 unspecified atom stereocenters. The molecule has 92 valence electrons. The number of hydrogen-bond donors (Lipinski definition) is 1. The average molecular weight is 283 g/mol. The predicted octanol–water partition coefficient (Wildman–Crippen LogP) is 4.32. The van der Waals surface area contributed by atoms with Gasteiger partial charge in [0.15, 0.2) is 0 Å². The van der Waals surface area contributed by atoms with Crippen LogP contribution in [0.15, 0.2) is 29.0 Å². The van der Waals surface area contributed by atoms with Crippen molar-refractivity contribution in [3.8, 4) is 10.4 Å². The Bertz CT molecular complexity index is 433. The molecule has 0 saturated carbocycles. The number of hydrogen-bond acceptors (Lipinski definition) is 4. The van der Waals surface area contributed by atoms with E-state index in [9.17, 15) is 0 Å². The third-order valence-corrected chi connectivity index (χ3v) is 5.42. The van der Waals surface area contributed by atoms with E-state index in [1.165, 1.54) is 15.3 Å². The highest BCUT2D eigenvalue weighted by Gasteiger charge is 2.04. The van der Waals surface area contributed by atoms with Gasteiger partial charge in [-0.05, 0) is 29.1 Å². The van der Waals surface area contributed by atoms with Gasteiger partial charge in [-0.25, -0.2) is 0 Å². The molecule has 0 aliphatic heterocycles. The van der Waals surface area contributed by atoms with Crippen LogP contribution in [0.25, 0.3) is 10.4 Å². The third kappa shape index (κ3) is 3.85. The second kappa shape index (κ2) is 6.59. The van der Waals surface area contributed by atoms with Gasteiger partial charge in [0.1, 0.15) is 0 Å². The SMILES string of the molecule is CSC(C)CNCc1cc(-c2cccs2)cs1. The Labute approximate surface area is 115 Å². The molecule has 4 heteroatoms. The minimum atomic E-state index is 0.687. The molecule has 2 heterocycles. The second-order valence-electron chi connectivity index (χ2n) is 3.96. The zero-order chi connectivity index (χ0) is 12.1. The van der Waals surface area contributed by atoms with Gasteiger partial charge in [0, 0.05) is 33.7 Å². The summed E-state index contributed by atoms with van der Waals surface area (Å²) in [4.78, 5) is 2.78. The lowest BCUT2D eigenvalue weighted by molar-refractivity contribution is 0.691. The largest absolute Gasteiger partial charge is 0.311 e. The molecule has 1 nitrogen and oxygen atoms in total. The molecule has 0 aliphatic carbocycles. The summed E-state index contributed by atoms with van der Waals surface area (Å²) in [6.07, 6.45) is 2.16. The number of rotatable bonds is 6. The van der Waals surface area contributed by atoms with Crippen molar-refractivity contribution in [3.63, 3.8) is 0 Å². The molecule has 0 amide bonds. The Balaban J connectivity index is 1.87. The first-order chi connectivity index (χ1) is 8.29. The Kier molecular flexibility index (Phi) is 5.10. The molecule has 2 aromatic rings. The Morgan fingerprint density at radius 2 is 2.29 bits per heavy atom. The van der Waals surface area contributed by atoms with Gasteiger partial charge in [0.25, 0.3) is 0 Å². The van der Waals surface area contributed by atoms with Crippen molar-refractivity contribution in [3.05, 3.63) is 33.8 Å². The van der Waals surface area contributed by atoms with Crippen molar-refractivity contribution in [2.75, 3.05) is 12.8 Å². The molecule has 17 heavy (non-hydrogen) atoms. The van der Waals surface area contributed by atoms with Crippen molar-refractivity contribution in [2.45, 2.75) is 18.7 Å². The van der Waals surface area contributed by atoms with Crippen LogP contribution in [0.2, 0.25) is 0 Å². The minimum Gasteiger partial charge on any atom is -0.311 e. The first-order valence-electron chi connectivity index (χ1n) is 5.64. The molecule has 0 radical (unpaired) electrons. The molecule has 2 aromatic heterocycles. The van der Waals surface area contributed by atoms with Crippen molar-refractivity contribution in [1.29, 1.82) is 0 Å². The summed E-state index contributed by atoms with van der Waals surface area (Å²) in [6, 6.07) is 6.59. The van der Waals surface area contributed by atoms with Crippen LogP contribution >= 0.6 is 34.4 Å². The van der Waals surface area contributed by atoms with Crippen LogP contribution in [0.1, 0.15) is 11.8 Å². The fourth-order valence-electron chi connectivity index (χ4n) is 1.53. The summed E-state index contributed by atoms with van der Waals surface area (Å²) in [5.74, 6) is 0. The lowest BCUT2D eigenvalue weighted by Gasteiger charge is -2.08. The maximum absolute atomic E-state index is 3.50. The first kappa shape index (κ1) is 13.1. The van der Waals surface area contributed by atoms with E-state index < -0.39 is 0 Å². The van der Waals surface area contributed by atoms with Crippen LogP contribution in [0.4, 0.5) is 0 Å². The molecular formula is C13H17NS3. The molecule has 1 atom stereocenters. The third-order valence-electron chi connectivity index (χ3n) is 2.59. The lowest BCUT2D eigenvalue weighted by Crippen LogP contribution is -2.21. The average Bonchev–Trinajstić information content (AvgIpc) is 2.98. The summed E-state index contributed by atoms with van der Waals surface area (Å²) in [5.41, 5.74) is 1.36. The topological polar surface area (TPSA) is 12.0 Å². The lowest BCUT2D eigenvalue weighted by atomic mass is 10.2. The van der Waals surface area contributed by atoms with Gasteiger partial charge in [0.05, 0.1) is 0 Å². The van der Waals surface area contributed by atoms with E-state index in [4.69, 9.17) is 0 Å². The van der Waals surface area contributed by atoms with E-state index in [2.05, 4.69) is 47.5 Å². The number of thioether (sulfide) groups is 1. The van der Waals surface area contributed by atoms with Crippen LogP contribution in [0.3, 0.4) is 0 Å². The highest BCUT2D eigenvalue weighted by atomic mass is 32.2. The van der Waals surface area contributed by atoms with Crippen molar-refractivity contribution < 1.29 is 0 Å². The first-order valence-corrected chi connectivity index (χ1v) is 8.69. The molecule has 0 saturated heterocycles. The number of thiophene rings is 2. The maximum Gasteiger partial charge on any atom is 0.0351 e. The van der Waals surface area contributed by atoms with Gasteiger partial charge >= 0.3 is 0 Å². The zero-order valence-electron chi connectivity index (χ0n) is 10.1. The van der Waals surface area contributed by atoms with Crippen molar-refractivity contribution >= 4 is 34.4 Å². The summed E-state index contributed by atoms with van der Waals surface area (Å²) >= 11 is 5.55. The summed E-state index contributed by atoms with van der Waals surface area (Å²) in [7, 11) is 0. The normalized spacial score (nSPS) is 12.8. The van der Waals surface area contributed by atoms with E-state index >= 15 is 0 Å². The summed E-state index contributed by atoms with van der Waals surface area (Å²) in [6.45, 7) is 4.32. The molecule has 0 aromatic carbocycles. The Morgan fingerprint density at radius 1 is 1.41 bits per heavy atom. The Hall–Kier alpha value is -0.290. The van der Waals surface area contributed by atoms with Gasteiger partial charge in [-0.3, -0.25) is 0 Å². The molecule has 0 aliphatic rings. The molecule has 0 fully saturated rings. The quantitative estimate of drug-likeness (QED) is 0.847. The van der Waals surface area contributed by atoms with Gasteiger partial charge in [-0.1, -0.05) is 13.0 Å². The van der Waals surface area contributed by atoms with E-state index in [1.54, 1.807) is 11.3 Å². The summed E-state index contributed by atoms with van der Waals surface area (Å²) in [5, 5.41) is 8.57. The van der Waals surface area contributed by atoms with E-state index in [1.807, 2.05) is 23.1 Å². The van der Waals surface area contributed by atoms with Gasteiger partial charge in [0.2, 0.25) is 0 Å². The number of nitrogens with one attached hydrogen (secondary N) is 1. The van der Waals surface area contributed by atoms with Crippen molar-refractivity contribution in [1.82, 2.24) is 5.32 Å². The fourth-order valence-corrected chi connectivity index (χ4v) is 3.46. The van der Waals surface area contributed by atoms with Gasteiger partial charge in [-0.2, -0.15) is 11.8 Å². The molecule has 1 N–H and O–H groups in total. The molecular weight excluding hydrogens is 266 g/mol. The Morgan fingerprint density at radius 3 is 3.00 bits per heavy atom. The van der Waals surface area contributed by atoms with Crippen molar-refractivity contribution in [2.24, 2.45) is 0 Å². The monoisotopic (exact) mass is 283 g/mol. The van der Waals surface area contributed by atoms with E-state index in [0.717, 1.165) is 13.1 Å². The summed E-state index contributed by atoms with van der Waals surface area (Å²) < 4.78 is 0.